The summed E-state index contributed by atoms with van der Waals surface area (Å²) in [6.07, 6.45) is 2.66. The zero-order chi connectivity index (χ0) is 16.7. The number of para-hydroxylation sites is 1. The van der Waals surface area contributed by atoms with Crippen molar-refractivity contribution in [2.75, 3.05) is 26.2 Å². The SMILES string of the molecule is O=C1CN(CC(=O)N2CCC(n3ncc4ccccc43)C2)C(=O)N1. The monoisotopic (exact) mass is 327 g/mol. The Morgan fingerprint density at radius 3 is 2.92 bits per heavy atom. The third-order valence-corrected chi connectivity index (χ3v) is 4.56. The number of hydrogen-bond donors (Lipinski definition) is 1. The van der Waals surface area contributed by atoms with Crippen molar-refractivity contribution in [1.82, 2.24) is 24.9 Å². The largest absolute Gasteiger partial charge is 0.339 e. The van der Waals surface area contributed by atoms with E-state index in [9.17, 15) is 14.4 Å². The van der Waals surface area contributed by atoms with Crippen LogP contribution in [0, 0.1) is 0 Å². The van der Waals surface area contributed by atoms with E-state index < -0.39 is 6.03 Å². The maximum absolute atomic E-state index is 12.4. The van der Waals surface area contributed by atoms with E-state index in [0.29, 0.717) is 13.1 Å². The molecule has 2 fully saturated rings. The Kier molecular flexibility index (Phi) is 3.44. The Balaban J connectivity index is 1.44. The number of nitrogens with one attached hydrogen (secondary N) is 1. The number of amides is 4. The molecule has 1 unspecified atom stereocenters. The van der Waals surface area contributed by atoms with Crippen molar-refractivity contribution in [3.8, 4) is 0 Å². The molecule has 4 rings (SSSR count). The van der Waals surface area contributed by atoms with E-state index in [-0.39, 0.29) is 30.9 Å². The molecule has 8 heteroatoms. The minimum atomic E-state index is -0.498. The predicted octanol–water partition coefficient (Wildman–Crippen LogP) is 0.361. The van der Waals surface area contributed by atoms with Crippen LogP contribution in [0.2, 0.25) is 0 Å². The lowest BCUT2D eigenvalue weighted by Gasteiger charge is -2.20. The molecule has 8 nitrogen and oxygen atoms in total. The number of carbonyl (C=O) groups excluding carboxylic acids is 3. The number of nitrogens with zero attached hydrogens (tertiary/aromatic N) is 4. The molecular formula is C16H17N5O3. The summed E-state index contributed by atoms with van der Waals surface area (Å²) in [5.41, 5.74) is 1.06. The fourth-order valence-corrected chi connectivity index (χ4v) is 3.32. The van der Waals surface area contributed by atoms with E-state index in [1.807, 2.05) is 35.1 Å². The third kappa shape index (κ3) is 2.49. The minimum absolute atomic E-state index is 0.0500. The van der Waals surface area contributed by atoms with Gasteiger partial charge in [-0.1, -0.05) is 18.2 Å². The number of likely N-dealkylation sites (tertiary alicyclic amines) is 1. The fraction of sp³-hybridized carbons (Fsp3) is 0.375. The van der Waals surface area contributed by atoms with Gasteiger partial charge in [-0.15, -0.1) is 0 Å². The van der Waals surface area contributed by atoms with Crippen LogP contribution in [-0.2, 0) is 9.59 Å². The van der Waals surface area contributed by atoms with Crippen LogP contribution >= 0.6 is 0 Å². The highest BCUT2D eigenvalue weighted by atomic mass is 16.2. The lowest BCUT2D eigenvalue weighted by molar-refractivity contribution is -0.130. The third-order valence-electron chi connectivity index (χ3n) is 4.56. The quantitative estimate of drug-likeness (QED) is 0.825. The number of imide groups is 1. The van der Waals surface area contributed by atoms with Gasteiger partial charge < -0.3 is 9.80 Å². The molecule has 2 aromatic rings. The highest BCUT2D eigenvalue weighted by molar-refractivity contribution is 6.03. The minimum Gasteiger partial charge on any atom is -0.339 e. The molecule has 0 aliphatic carbocycles. The number of fused-ring (bicyclic) bond motifs is 1. The number of hydrogen-bond acceptors (Lipinski definition) is 4. The van der Waals surface area contributed by atoms with Crippen molar-refractivity contribution in [1.29, 1.82) is 0 Å². The summed E-state index contributed by atoms with van der Waals surface area (Å²) in [5, 5.41) is 7.71. The van der Waals surface area contributed by atoms with Crippen molar-refractivity contribution >= 4 is 28.7 Å². The highest BCUT2D eigenvalue weighted by Crippen LogP contribution is 2.25. The Labute approximate surface area is 138 Å². The summed E-state index contributed by atoms with van der Waals surface area (Å²) in [5.74, 6) is -0.506. The van der Waals surface area contributed by atoms with Crippen molar-refractivity contribution in [3.05, 3.63) is 30.5 Å². The Morgan fingerprint density at radius 2 is 2.12 bits per heavy atom. The van der Waals surface area contributed by atoms with Gasteiger partial charge >= 0.3 is 6.03 Å². The van der Waals surface area contributed by atoms with Crippen LogP contribution < -0.4 is 5.32 Å². The second-order valence-electron chi connectivity index (χ2n) is 6.14. The second kappa shape index (κ2) is 5.63. The molecule has 124 valence electrons. The van der Waals surface area contributed by atoms with E-state index in [2.05, 4.69) is 10.4 Å². The molecular weight excluding hydrogens is 310 g/mol. The van der Waals surface area contributed by atoms with Gasteiger partial charge in [0, 0.05) is 18.5 Å². The fourth-order valence-electron chi connectivity index (χ4n) is 3.32. The first kappa shape index (κ1) is 14.7. The Hall–Kier alpha value is -2.90. The predicted molar refractivity (Wildman–Crippen MR) is 85.1 cm³/mol. The van der Waals surface area contributed by atoms with Gasteiger partial charge in [0.25, 0.3) is 0 Å². The summed E-state index contributed by atoms with van der Waals surface area (Å²) >= 11 is 0. The molecule has 0 saturated carbocycles. The molecule has 4 amide bonds. The topological polar surface area (TPSA) is 87.5 Å². The molecule has 24 heavy (non-hydrogen) atoms. The summed E-state index contributed by atoms with van der Waals surface area (Å²) < 4.78 is 1.97. The summed E-state index contributed by atoms with van der Waals surface area (Å²) in [4.78, 5) is 38.1. The first-order valence-electron chi connectivity index (χ1n) is 7.90. The molecule has 2 saturated heterocycles. The van der Waals surface area contributed by atoms with Crippen molar-refractivity contribution in [2.45, 2.75) is 12.5 Å². The van der Waals surface area contributed by atoms with Gasteiger partial charge in [0.05, 0.1) is 17.8 Å². The second-order valence-corrected chi connectivity index (χ2v) is 6.14. The van der Waals surface area contributed by atoms with Gasteiger partial charge in [0.2, 0.25) is 11.8 Å². The highest BCUT2D eigenvalue weighted by Gasteiger charge is 2.33. The molecule has 2 aliphatic heterocycles. The smallest absolute Gasteiger partial charge is 0.325 e. The van der Waals surface area contributed by atoms with Crippen LogP contribution in [0.3, 0.4) is 0 Å². The van der Waals surface area contributed by atoms with Gasteiger partial charge in [-0.25, -0.2) is 4.79 Å². The number of aromatic nitrogens is 2. The van der Waals surface area contributed by atoms with Gasteiger partial charge in [-0.2, -0.15) is 5.10 Å². The standard InChI is InChI=1S/C16H17N5O3/c22-14-9-20(16(24)18-14)10-15(23)19-6-5-12(8-19)21-13-4-2-1-3-11(13)7-17-21/h1-4,7,12H,5-6,8-10H2,(H,18,22,24). The zero-order valence-corrected chi connectivity index (χ0v) is 13.0. The average Bonchev–Trinajstić information content (AvgIpc) is 3.26. The number of rotatable bonds is 3. The molecule has 1 aromatic carbocycles. The molecule has 1 N–H and O–H groups in total. The summed E-state index contributed by atoms with van der Waals surface area (Å²) in [6, 6.07) is 7.61. The molecule has 3 heterocycles. The van der Waals surface area contributed by atoms with Crippen molar-refractivity contribution < 1.29 is 14.4 Å². The Morgan fingerprint density at radius 1 is 1.29 bits per heavy atom. The van der Waals surface area contributed by atoms with E-state index in [4.69, 9.17) is 0 Å². The lowest BCUT2D eigenvalue weighted by Crippen LogP contribution is -2.40. The van der Waals surface area contributed by atoms with Crippen LogP contribution in [0.4, 0.5) is 4.79 Å². The van der Waals surface area contributed by atoms with Crippen LogP contribution in [0.25, 0.3) is 10.9 Å². The van der Waals surface area contributed by atoms with E-state index in [1.165, 1.54) is 4.90 Å². The van der Waals surface area contributed by atoms with Gasteiger partial charge in [-0.3, -0.25) is 19.6 Å². The van der Waals surface area contributed by atoms with Crippen molar-refractivity contribution in [3.63, 3.8) is 0 Å². The van der Waals surface area contributed by atoms with Crippen LogP contribution in [0.1, 0.15) is 12.5 Å². The summed E-state index contributed by atoms with van der Waals surface area (Å²) in [7, 11) is 0. The van der Waals surface area contributed by atoms with Gasteiger partial charge in [0.15, 0.2) is 0 Å². The van der Waals surface area contributed by atoms with Gasteiger partial charge in [0.1, 0.15) is 13.1 Å². The van der Waals surface area contributed by atoms with E-state index in [1.54, 1.807) is 4.90 Å². The molecule has 0 bridgehead atoms. The normalized spacial score (nSPS) is 20.9. The molecule has 1 atom stereocenters. The molecule has 2 aliphatic rings. The maximum Gasteiger partial charge on any atom is 0.325 e. The van der Waals surface area contributed by atoms with Crippen LogP contribution in [-0.4, -0.2) is 63.6 Å². The van der Waals surface area contributed by atoms with E-state index in [0.717, 1.165) is 17.3 Å². The number of carbonyl (C=O) groups is 3. The first-order valence-corrected chi connectivity index (χ1v) is 7.90. The number of urea groups is 1. The van der Waals surface area contributed by atoms with Crippen LogP contribution in [0.15, 0.2) is 30.5 Å². The molecule has 1 aromatic heterocycles. The van der Waals surface area contributed by atoms with Crippen molar-refractivity contribution in [2.24, 2.45) is 0 Å². The first-order chi connectivity index (χ1) is 11.6. The molecule has 0 spiro atoms. The zero-order valence-electron chi connectivity index (χ0n) is 13.0. The maximum atomic E-state index is 12.4. The van der Waals surface area contributed by atoms with Gasteiger partial charge in [-0.05, 0) is 12.5 Å². The summed E-state index contributed by atoms with van der Waals surface area (Å²) in [6.45, 7) is 1.07. The molecule has 0 radical (unpaired) electrons. The number of benzene rings is 1. The van der Waals surface area contributed by atoms with Crippen LogP contribution in [0.5, 0.6) is 0 Å². The lowest BCUT2D eigenvalue weighted by atomic mass is 10.2. The van der Waals surface area contributed by atoms with E-state index >= 15 is 0 Å². The average molecular weight is 327 g/mol. The Bertz CT molecular complexity index is 830.